The van der Waals surface area contributed by atoms with Gasteiger partial charge in [0, 0.05) is 17.4 Å². The number of carboxylic acid groups (broad SMARTS) is 1. The Morgan fingerprint density at radius 1 is 1.15 bits per heavy atom. The third kappa shape index (κ3) is 4.61. The molecule has 1 aromatic heterocycles. The summed E-state index contributed by atoms with van der Waals surface area (Å²) in [6.45, 7) is 0.534. The molecular weight excluding hydrogens is 350 g/mol. The van der Waals surface area contributed by atoms with Crippen molar-refractivity contribution in [1.29, 1.82) is 0 Å². The van der Waals surface area contributed by atoms with Crippen LogP contribution in [-0.2, 0) is 17.6 Å². The number of ether oxygens (including phenoxy) is 2. The highest BCUT2D eigenvalue weighted by Gasteiger charge is 2.12. The van der Waals surface area contributed by atoms with Crippen molar-refractivity contribution in [3.63, 3.8) is 0 Å². The SMILES string of the molecule is COc1ccc(-c2nc(CC(=O)O)cs2)cc1OCCc1ccccc1. The lowest BCUT2D eigenvalue weighted by Crippen LogP contribution is -2.03. The number of carbonyl (C=O) groups is 1. The quantitative estimate of drug-likeness (QED) is 0.648. The van der Waals surface area contributed by atoms with E-state index in [1.165, 1.54) is 16.9 Å². The van der Waals surface area contributed by atoms with Crippen LogP contribution in [0.4, 0.5) is 0 Å². The minimum atomic E-state index is -0.887. The average Bonchev–Trinajstić information content (AvgIpc) is 3.10. The molecule has 0 aliphatic heterocycles. The summed E-state index contributed by atoms with van der Waals surface area (Å²) in [6, 6.07) is 15.8. The zero-order valence-corrected chi connectivity index (χ0v) is 15.2. The number of carboxylic acids is 1. The van der Waals surface area contributed by atoms with E-state index in [-0.39, 0.29) is 6.42 Å². The molecule has 0 aliphatic carbocycles. The number of aromatic nitrogens is 1. The lowest BCUT2D eigenvalue weighted by Gasteiger charge is -2.12. The molecule has 0 fully saturated rings. The maximum Gasteiger partial charge on any atom is 0.309 e. The molecule has 0 radical (unpaired) electrons. The Bertz CT molecular complexity index is 877. The van der Waals surface area contributed by atoms with Gasteiger partial charge in [-0.1, -0.05) is 30.3 Å². The second-order valence-corrected chi connectivity index (χ2v) is 6.52. The summed E-state index contributed by atoms with van der Waals surface area (Å²) in [7, 11) is 1.60. The minimum absolute atomic E-state index is 0.0763. The fourth-order valence-corrected chi connectivity index (χ4v) is 3.34. The van der Waals surface area contributed by atoms with Gasteiger partial charge in [0.1, 0.15) is 5.01 Å². The monoisotopic (exact) mass is 369 g/mol. The van der Waals surface area contributed by atoms with Crippen molar-refractivity contribution in [1.82, 2.24) is 4.98 Å². The van der Waals surface area contributed by atoms with Gasteiger partial charge in [-0.2, -0.15) is 0 Å². The van der Waals surface area contributed by atoms with Crippen LogP contribution in [0.3, 0.4) is 0 Å². The normalized spacial score (nSPS) is 10.5. The zero-order chi connectivity index (χ0) is 18.4. The Labute approximate surface area is 155 Å². The number of hydrogen-bond acceptors (Lipinski definition) is 5. The molecule has 1 heterocycles. The van der Waals surface area contributed by atoms with E-state index in [1.54, 1.807) is 12.5 Å². The molecule has 0 bridgehead atoms. The summed E-state index contributed by atoms with van der Waals surface area (Å²) in [6.07, 6.45) is 0.724. The second kappa shape index (κ2) is 8.49. The van der Waals surface area contributed by atoms with Gasteiger partial charge in [0.25, 0.3) is 0 Å². The first-order valence-electron chi connectivity index (χ1n) is 8.17. The number of hydrogen-bond donors (Lipinski definition) is 1. The van der Waals surface area contributed by atoms with Gasteiger partial charge >= 0.3 is 5.97 Å². The molecule has 0 atom stereocenters. The van der Waals surface area contributed by atoms with E-state index in [2.05, 4.69) is 17.1 Å². The topological polar surface area (TPSA) is 68.7 Å². The van der Waals surface area contributed by atoms with Gasteiger partial charge in [0.15, 0.2) is 11.5 Å². The van der Waals surface area contributed by atoms with Crippen LogP contribution in [0.15, 0.2) is 53.9 Å². The largest absolute Gasteiger partial charge is 0.493 e. The predicted molar refractivity (Wildman–Crippen MR) is 101 cm³/mol. The Morgan fingerprint density at radius 3 is 2.69 bits per heavy atom. The highest BCUT2D eigenvalue weighted by molar-refractivity contribution is 7.13. The van der Waals surface area contributed by atoms with E-state index in [0.717, 1.165) is 17.0 Å². The molecule has 3 aromatic rings. The molecule has 0 saturated carbocycles. The summed E-state index contributed by atoms with van der Waals surface area (Å²) < 4.78 is 11.3. The molecule has 0 aliphatic rings. The molecule has 0 unspecified atom stereocenters. The van der Waals surface area contributed by atoms with Gasteiger partial charge in [0.05, 0.1) is 25.8 Å². The van der Waals surface area contributed by atoms with Crippen molar-refractivity contribution < 1.29 is 19.4 Å². The van der Waals surface area contributed by atoms with Gasteiger partial charge in [-0.3, -0.25) is 4.79 Å². The van der Waals surface area contributed by atoms with Gasteiger partial charge < -0.3 is 14.6 Å². The van der Waals surface area contributed by atoms with Crippen molar-refractivity contribution in [2.24, 2.45) is 0 Å². The first-order valence-corrected chi connectivity index (χ1v) is 9.05. The standard InChI is InChI=1S/C20H19NO4S/c1-24-17-8-7-15(20-21-16(13-26-20)12-19(22)23)11-18(17)25-10-9-14-5-3-2-4-6-14/h2-8,11,13H,9-10,12H2,1H3,(H,22,23). The maximum atomic E-state index is 10.8. The third-order valence-electron chi connectivity index (χ3n) is 3.79. The van der Waals surface area contributed by atoms with Gasteiger partial charge in [-0.05, 0) is 23.8 Å². The van der Waals surface area contributed by atoms with Crippen LogP contribution in [-0.4, -0.2) is 29.8 Å². The van der Waals surface area contributed by atoms with E-state index in [9.17, 15) is 4.79 Å². The maximum absolute atomic E-state index is 10.8. The zero-order valence-electron chi connectivity index (χ0n) is 14.3. The number of thiazole rings is 1. The van der Waals surface area contributed by atoms with Crippen molar-refractivity contribution in [3.05, 3.63) is 65.2 Å². The number of rotatable bonds is 8. The molecule has 1 N–H and O–H groups in total. The first-order chi connectivity index (χ1) is 12.7. The molecule has 134 valence electrons. The van der Waals surface area contributed by atoms with E-state index in [0.29, 0.717) is 23.8 Å². The third-order valence-corrected chi connectivity index (χ3v) is 4.73. The predicted octanol–water partition coefficient (Wildman–Crippen LogP) is 4.07. The van der Waals surface area contributed by atoms with Gasteiger partial charge in [-0.15, -0.1) is 11.3 Å². The molecule has 3 rings (SSSR count). The van der Waals surface area contributed by atoms with Crippen LogP contribution in [0, 0.1) is 0 Å². The first kappa shape index (κ1) is 17.9. The lowest BCUT2D eigenvalue weighted by atomic mass is 10.2. The molecule has 0 spiro atoms. The van der Waals surface area contributed by atoms with Crippen LogP contribution >= 0.6 is 11.3 Å². The molecule has 6 heteroatoms. The number of nitrogens with zero attached hydrogens (tertiary/aromatic N) is 1. The Hall–Kier alpha value is -2.86. The Kier molecular flexibility index (Phi) is 5.86. The summed E-state index contributed by atoms with van der Waals surface area (Å²) in [5.41, 5.74) is 2.64. The lowest BCUT2D eigenvalue weighted by molar-refractivity contribution is -0.136. The highest BCUT2D eigenvalue weighted by atomic mass is 32.1. The molecule has 0 amide bonds. The Balaban J connectivity index is 1.73. The van der Waals surface area contributed by atoms with Crippen LogP contribution in [0.25, 0.3) is 10.6 Å². The number of methoxy groups -OCH3 is 1. The van der Waals surface area contributed by atoms with Gasteiger partial charge in [0.2, 0.25) is 0 Å². The van der Waals surface area contributed by atoms with Crippen molar-refractivity contribution in [3.8, 4) is 22.1 Å². The van der Waals surface area contributed by atoms with E-state index >= 15 is 0 Å². The molecule has 5 nitrogen and oxygen atoms in total. The van der Waals surface area contributed by atoms with E-state index in [1.807, 2.05) is 36.4 Å². The van der Waals surface area contributed by atoms with Crippen LogP contribution < -0.4 is 9.47 Å². The summed E-state index contributed by atoms with van der Waals surface area (Å²) >= 11 is 1.42. The number of benzene rings is 2. The molecule has 2 aromatic carbocycles. The molecular formula is C20H19NO4S. The highest BCUT2D eigenvalue weighted by Crippen LogP contribution is 2.34. The van der Waals surface area contributed by atoms with Crippen molar-refractivity contribution in [2.75, 3.05) is 13.7 Å². The summed E-state index contributed by atoms with van der Waals surface area (Å²) in [4.78, 5) is 15.2. The van der Waals surface area contributed by atoms with Gasteiger partial charge in [-0.25, -0.2) is 4.98 Å². The Morgan fingerprint density at radius 2 is 1.96 bits per heavy atom. The van der Waals surface area contributed by atoms with E-state index < -0.39 is 5.97 Å². The molecule has 26 heavy (non-hydrogen) atoms. The van der Waals surface area contributed by atoms with Crippen molar-refractivity contribution >= 4 is 17.3 Å². The minimum Gasteiger partial charge on any atom is -0.493 e. The summed E-state index contributed by atoms with van der Waals surface area (Å²) in [5.74, 6) is 0.418. The van der Waals surface area contributed by atoms with Crippen molar-refractivity contribution in [2.45, 2.75) is 12.8 Å². The smallest absolute Gasteiger partial charge is 0.309 e. The van der Waals surface area contributed by atoms with E-state index in [4.69, 9.17) is 14.6 Å². The molecule has 0 saturated heterocycles. The number of aliphatic carboxylic acids is 1. The summed E-state index contributed by atoms with van der Waals surface area (Å²) in [5, 5.41) is 11.4. The fourth-order valence-electron chi connectivity index (χ4n) is 2.52. The van der Waals surface area contributed by atoms with Crippen LogP contribution in [0.2, 0.25) is 0 Å². The van der Waals surface area contributed by atoms with Crippen LogP contribution in [0.5, 0.6) is 11.5 Å². The average molecular weight is 369 g/mol. The second-order valence-electron chi connectivity index (χ2n) is 5.66. The van der Waals surface area contributed by atoms with Crippen LogP contribution in [0.1, 0.15) is 11.3 Å². The fraction of sp³-hybridized carbons (Fsp3) is 0.200.